The number of hydrogen-bond donors (Lipinski definition) is 1. The maximum Gasteiger partial charge on any atom is 0.306 e. The predicted molar refractivity (Wildman–Crippen MR) is 120 cm³/mol. The Morgan fingerprint density at radius 2 is 1.58 bits per heavy atom. The Kier molecular flexibility index (Phi) is 9.45. The molecule has 1 aliphatic rings. The van der Waals surface area contributed by atoms with Gasteiger partial charge < -0.3 is 19.5 Å². The fourth-order valence-corrected chi connectivity index (χ4v) is 4.08. The zero-order valence-corrected chi connectivity index (χ0v) is 20.6. The fourth-order valence-electron chi connectivity index (χ4n) is 4.08. The normalized spacial score (nSPS) is 19.4. The van der Waals surface area contributed by atoms with E-state index in [0.29, 0.717) is 12.0 Å². The number of hydrogen-bond acceptors (Lipinski definition) is 7. The van der Waals surface area contributed by atoms with E-state index in [1.54, 1.807) is 27.7 Å². The molecular formula is C24H41NO6. The van der Waals surface area contributed by atoms with Crippen molar-refractivity contribution in [2.45, 2.75) is 116 Å². The second-order valence-corrected chi connectivity index (χ2v) is 10.6. The van der Waals surface area contributed by atoms with Gasteiger partial charge in [-0.25, -0.2) is 0 Å². The van der Waals surface area contributed by atoms with Crippen molar-refractivity contribution in [1.82, 2.24) is 5.32 Å². The second-order valence-electron chi connectivity index (χ2n) is 10.6. The summed E-state index contributed by atoms with van der Waals surface area (Å²) in [5, 5.41) is 3.55. The minimum Gasteiger partial charge on any atom is -0.462 e. The van der Waals surface area contributed by atoms with Crippen LogP contribution >= 0.6 is 0 Å². The van der Waals surface area contributed by atoms with Gasteiger partial charge in [0.2, 0.25) is 0 Å². The highest BCUT2D eigenvalue weighted by Crippen LogP contribution is 2.30. The van der Waals surface area contributed by atoms with Crippen LogP contribution in [0.4, 0.5) is 0 Å². The summed E-state index contributed by atoms with van der Waals surface area (Å²) < 4.78 is 16.6. The van der Waals surface area contributed by atoms with Gasteiger partial charge in [-0.3, -0.25) is 14.4 Å². The first-order valence-corrected chi connectivity index (χ1v) is 11.0. The van der Waals surface area contributed by atoms with Crippen molar-refractivity contribution < 1.29 is 28.6 Å². The highest BCUT2D eigenvalue weighted by molar-refractivity contribution is 5.97. The van der Waals surface area contributed by atoms with E-state index in [1.165, 1.54) is 0 Å². The molecule has 0 aromatic carbocycles. The summed E-state index contributed by atoms with van der Waals surface area (Å²) in [5.74, 6) is -0.989. The van der Waals surface area contributed by atoms with Crippen LogP contribution in [0.3, 0.4) is 0 Å². The van der Waals surface area contributed by atoms with Crippen molar-refractivity contribution in [3.05, 3.63) is 12.2 Å². The van der Waals surface area contributed by atoms with Crippen LogP contribution in [-0.2, 0) is 28.6 Å². The third-order valence-electron chi connectivity index (χ3n) is 5.24. The van der Waals surface area contributed by atoms with Gasteiger partial charge in [0.25, 0.3) is 0 Å². The van der Waals surface area contributed by atoms with E-state index in [4.69, 9.17) is 14.2 Å². The largest absolute Gasteiger partial charge is 0.462 e. The highest BCUT2D eigenvalue weighted by Gasteiger charge is 2.39. The van der Waals surface area contributed by atoms with E-state index in [2.05, 4.69) is 39.6 Å². The Morgan fingerprint density at radius 3 is 2.10 bits per heavy atom. The van der Waals surface area contributed by atoms with Crippen LogP contribution in [0.5, 0.6) is 0 Å². The van der Waals surface area contributed by atoms with Gasteiger partial charge >= 0.3 is 11.9 Å². The molecule has 0 bridgehead atoms. The van der Waals surface area contributed by atoms with Crippen LogP contribution in [0.2, 0.25) is 0 Å². The molecule has 1 fully saturated rings. The molecule has 1 unspecified atom stereocenters. The van der Waals surface area contributed by atoms with Gasteiger partial charge in [0.05, 0.1) is 19.4 Å². The number of carbonyl (C=O) groups excluding carboxylic acids is 3. The lowest BCUT2D eigenvalue weighted by Crippen LogP contribution is -2.59. The molecule has 7 heteroatoms. The molecule has 1 rings (SSSR count). The third-order valence-corrected chi connectivity index (χ3v) is 5.24. The number of nitrogens with one attached hydrogen (secondary N) is 1. The lowest BCUT2D eigenvalue weighted by atomic mass is 9.81. The van der Waals surface area contributed by atoms with Crippen molar-refractivity contribution in [3.8, 4) is 0 Å². The Hall–Kier alpha value is -1.73. The van der Waals surface area contributed by atoms with Gasteiger partial charge in [-0.1, -0.05) is 6.58 Å². The molecule has 0 aromatic rings. The molecule has 0 aliphatic carbocycles. The fraction of sp³-hybridized carbons (Fsp3) is 0.792. The lowest BCUT2D eigenvalue weighted by molar-refractivity contribution is -0.163. The number of ether oxygens (including phenoxy) is 3. The minimum absolute atomic E-state index is 0.0135. The lowest BCUT2D eigenvalue weighted by Gasteiger charge is -2.45. The first-order chi connectivity index (χ1) is 14.0. The molecule has 31 heavy (non-hydrogen) atoms. The molecule has 1 saturated heterocycles. The van der Waals surface area contributed by atoms with E-state index in [0.717, 1.165) is 12.8 Å². The van der Waals surface area contributed by atoms with Crippen LogP contribution in [0.15, 0.2) is 12.2 Å². The zero-order chi connectivity index (χ0) is 24.0. The van der Waals surface area contributed by atoms with E-state index in [1.807, 2.05) is 0 Å². The van der Waals surface area contributed by atoms with Crippen LogP contribution in [0, 0.1) is 0 Å². The summed E-state index contributed by atoms with van der Waals surface area (Å²) in [6, 6.07) is 0. The van der Waals surface area contributed by atoms with Crippen molar-refractivity contribution >= 4 is 17.7 Å². The molecule has 1 aliphatic heterocycles. The first-order valence-electron chi connectivity index (χ1n) is 11.0. The smallest absolute Gasteiger partial charge is 0.306 e. The molecule has 0 spiro atoms. The van der Waals surface area contributed by atoms with Crippen molar-refractivity contribution in [3.63, 3.8) is 0 Å². The van der Waals surface area contributed by atoms with Crippen LogP contribution < -0.4 is 5.32 Å². The van der Waals surface area contributed by atoms with E-state index in [-0.39, 0.29) is 48.4 Å². The van der Waals surface area contributed by atoms with Crippen LogP contribution in [0.1, 0.15) is 87.5 Å². The molecule has 1 heterocycles. The first kappa shape index (κ1) is 27.3. The minimum atomic E-state index is -0.768. The Balaban J connectivity index is 2.38. The van der Waals surface area contributed by atoms with E-state index in [9.17, 15) is 14.4 Å². The average Bonchev–Trinajstić information content (AvgIpc) is 2.55. The van der Waals surface area contributed by atoms with Crippen molar-refractivity contribution in [1.29, 1.82) is 0 Å². The zero-order valence-electron chi connectivity index (χ0n) is 20.6. The maximum atomic E-state index is 12.3. The summed E-state index contributed by atoms with van der Waals surface area (Å²) in [4.78, 5) is 36.3. The molecule has 0 radical (unpaired) electrons. The second kappa shape index (κ2) is 10.7. The van der Waals surface area contributed by atoms with E-state index < -0.39 is 17.7 Å². The van der Waals surface area contributed by atoms with Crippen LogP contribution in [0.25, 0.3) is 0 Å². The van der Waals surface area contributed by atoms with Gasteiger partial charge in [0.1, 0.15) is 17.8 Å². The van der Waals surface area contributed by atoms with Gasteiger partial charge in [0.15, 0.2) is 5.78 Å². The average molecular weight is 440 g/mol. The van der Waals surface area contributed by atoms with Gasteiger partial charge in [-0.15, -0.1) is 0 Å². The molecule has 0 saturated carbocycles. The topological polar surface area (TPSA) is 90.9 Å². The predicted octanol–water partition coefficient (Wildman–Crippen LogP) is 3.88. The number of piperidine rings is 1. The Morgan fingerprint density at radius 1 is 1.06 bits per heavy atom. The Labute approximate surface area is 187 Å². The number of rotatable bonds is 11. The summed E-state index contributed by atoms with van der Waals surface area (Å²) >= 11 is 0. The monoisotopic (exact) mass is 439 g/mol. The van der Waals surface area contributed by atoms with Gasteiger partial charge in [-0.2, -0.15) is 0 Å². The van der Waals surface area contributed by atoms with Crippen molar-refractivity contribution in [2.75, 3.05) is 6.61 Å². The third kappa shape index (κ3) is 10.4. The van der Waals surface area contributed by atoms with Crippen LogP contribution in [-0.4, -0.2) is 53.2 Å². The summed E-state index contributed by atoms with van der Waals surface area (Å²) in [6.07, 6.45) is 1.08. The van der Waals surface area contributed by atoms with Crippen molar-refractivity contribution in [2.24, 2.45) is 0 Å². The number of ketones is 1. The maximum absolute atomic E-state index is 12.3. The number of esters is 2. The van der Waals surface area contributed by atoms with Gasteiger partial charge in [0, 0.05) is 30.3 Å². The molecule has 7 nitrogen and oxygen atoms in total. The molecule has 0 amide bonds. The van der Waals surface area contributed by atoms with Gasteiger partial charge in [-0.05, 0) is 61.0 Å². The summed E-state index contributed by atoms with van der Waals surface area (Å²) in [7, 11) is 0. The standard InChI is InChI=1S/C24H41NO6/c1-16(2)21(28)17(3)29-13-12-24(8,9)31-20(27)11-10-19(26)30-18-14-22(4,5)25-23(6,7)15-18/h17-18,25H,1,10-15H2,2-9H3. The highest BCUT2D eigenvalue weighted by atomic mass is 16.6. The molecule has 1 atom stereocenters. The molecular weight excluding hydrogens is 398 g/mol. The van der Waals surface area contributed by atoms with E-state index >= 15 is 0 Å². The summed E-state index contributed by atoms with van der Waals surface area (Å²) in [6.45, 7) is 19.1. The molecule has 1 N–H and O–H groups in total. The summed E-state index contributed by atoms with van der Waals surface area (Å²) in [5.41, 5.74) is -0.563. The molecule has 0 aromatic heterocycles. The molecule has 178 valence electrons. The number of carbonyl (C=O) groups is 3. The number of Topliss-reactive ketones (excluding diaryl/α,β-unsaturated/α-hetero) is 1. The SMILES string of the molecule is C=C(C)C(=O)C(C)OCCC(C)(C)OC(=O)CCC(=O)OC1CC(C)(C)NC(C)(C)C1. The Bertz CT molecular complexity index is 664. The quantitative estimate of drug-likeness (QED) is 0.386.